The molecule has 1 aromatic heterocycles. The third kappa shape index (κ3) is 2.85. The molecule has 0 amide bonds. The summed E-state index contributed by atoms with van der Waals surface area (Å²) in [7, 11) is 0. The molecule has 106 valence electrons. The largest absolute Gasteiger partial charge is 0.318 e. The number of nitrogens with two attached hydrogens (primary N) is 1. The van der Waals surface area contributed by atoms with Crippen LogP contribution in [0.3, 0.4) is 0 Å². The fourth-order valence-corrected chi connectivity index (χ4v) is 2.26. The molecule has 21 heavy (non-hydrogen) atoms. The van der Waals surface area contributed by atoms with Crippen molar-refractivity contribution in [2.24, 2.45) is 5.73 Å². The van der Waals surface area contributed by atoms with Crippen molar-refractivity contribution in [1.29, 1.82) is 0 Å². The lowest BCUT2D eigenvalue weighted by Crippen LogP contribution is -2.13. The topological polar surface area (TPSA) is 67.6 Å². The molecule has 3 aromatic rings. The number of benzene rings is 2. The van der Waals surface area contributed by atoms with E-state index in [0.717, 1.165) is 11.1 Å². The van der Waals surface area contributed by atoms with Crippen LogP contribution in [-0.4, -0.2) is 15.2 Å². The van der Waals surface area contributed by atoms with Gasteiger partial charge in [0.2, 0.25) is 0 Å². The number of nitrogens with zero attached hydrogens (tertiary/aromatic N) is 2. The molecule has 1 atom stereocenters. The summed E-state index contributed by atoms with van der Waals surface area (Å²) < 4.78 is 0. The number of rotatable bonds is 3. The van der Waals surface area contributed by atoms with Crippen LogP contribution >= 0.6 is 0 Å². The van der Waals surface area contributed by atoms with Crippen molar-refractivity contribution in [1.82, 2.24) is 15.2 Å². The third-order valence-electron chi connectivity index (χ3n) is 3.51. The van der Waals surface area contributed by atoms with Crippen LogP contribution in [0.2, 0.25) is 0 Å². The summed E-state index contributed by atoms with van der Waals surface area (Å²) in [6.07, 6.45) is 0. The molecule has 0 fully saturated rings. The maximum absolute atomic E-state index is 6.25. The molecule has 4 heteroatoms. The Morgan fingerprint density at radius 2 is 1.76 bits per heavy atom. The molecular weight excluding hydrogens is 260 g/mol. The Morgan fingerprint density at radius 3 is 2.48 bits per heavy atom. The van der Waals surface area contributed by atoms with Crippen LogP contribution < -0.4 is 5.73 Å². The van der Waals surface area contributed by atoms with Crippen LogP contribution in [0.1, 0.15) is 28.6 Å². The smallest absolute Gasteiger partial charge is 0.181 e. The summed E-state index contributed by atoms with van der Waals surface area (Å²) >= 11 is 0. The Bertz CT molecular complexity index is 743. The molecule has 3 rings (SSSR count). The van der Waals surface area contributed by atoms with Crippen molar-refractivity contribution in [3.8, 4) is 11.4 Å². The molecule has 0 bridgehead atoms. The Morgan fingerprint density at radius 1 is 1.00 bits per heavy atom. The zero-order chi connectivity index (χ0) is 14.8. The predicted molar refractivity (Wildman–Crippen MR) is 83.8 cm³/mol. The second kappa shape index (κ2) is 5.50. The lowest BCUT2D eigenvalue weighted by Gasteiger charge is -2.08. The summed E-state index contributed by atoms with van der Waals surface area (Å²) in [5, 5.41) is 7.23. The summed E-state index contributed by atoms with van der Waals surface area (Å²) in [4.78, 5) is 4.53. The van der Waals surface area contributed by atoms with E-state index in [9.17, 15) is 0 Å². The first-order chi connectivity index (χ1) is 10.1. The molecule has 1 heterocycles. The van der Waals surface area contributed by atoms with Gasteiger partial charge in [-0.25, -0.2) is 4.98 Å². The van der Waals surface area contributed by atoms with Crippen LogP contribution in [-0.2, 0) is 0 Å². The minimum absolute atomic E-state index is 0.295. The fraction of sp³-hybridized carbons (Fsp3) is 0.176. The highest BCUT2D eigenvalue weighted by atomic mass is 15.2. The highest BCUT2D eigenvalue weighted by Gasteiger charge is 2.14. The Balaban J connectivity index is 1.89. The summed E-state index contributed by atoms with van der Waals surface area (Å²) in [6, 6.07) is 16.0. The van der Waals surface area contributed by atoms with E-state index in [1.807, 2.05) is 36.4 Å². The molecule has 0 saturated heterocycles. The second-order valence-corrected chi connectivity index (χ2v) is 5.30. The van der Waals surface area contributed by atoms with E-state index >= 15 is 0 Å². The van der Waals surface area contributed by atoms with Crippen molar-refractivity contribution < 1.29 is 0 Å². The molecule has 4 nitrogen and oxygen atoms in total. The number of aromatic amines is 1. The number of aromatic nitrogens is 3. The molecule has 2 aromatic carbocycles. The van der Waals surface area contributed by atoms with Gasteiger partial charge in [-0.3, -0.25) is 5.10 Å². The molecule has 0 unspecified atom stereocenters. The lowest BCUT2D eigenvalue weighted by molar-refractivity contribution is 0.787. The molecule has 0 aliphatic rings. The normalized spacial score (nSPS) is 12.3. The fourth-order valence-electron chi connectivity index (χ4n) is 2.26. The van der Waals surface area contributed by atoms with Crippen molar-refractivity contribution in [2.75, 3.05) is 0 Å². The number of H-pyrrole nitrogens is 1. The molecule has 0 spiro atoms. The van der Waals surface area contributed by atoms with E-state index in [2.05, 4.69) is 41.2 Å². The van der Waals surface area contributed by atoms with Gasteiger partial charge in [0, 0.05) is 5.56 Å². The van der Waals surface area contributed by atoms with E-state index in [0.29, 0.717) is 11.6 Å². The van der Waals surface area contributed by atoms with Crippen molar-refractivity contribution in [3.05, 3.63) is 71.0 Å². The van der Waals surface area contributed by atoms with Crippen LogP contribution in [0.25, 0.3) is 11.4 Å². The quantitative estimate of drug-likeness (QED) is 0.773. The molecule has 0 aliphatic heterocycles. The molecular formula is C17H18N4. The molecule has 0 radical (unpaired) electrons. The summed E-state index contributed by atoms with van der Waals surface area (Å²) in [6.45, 7) is 4.11. The number of hydrogen-bond donors (Lipinski definition) is 2. The van der Waals surface area contributed by atoms with Gasteiger partial charge in [-0.15, -0.1) is 0 Å². The highest BCUT2D eigenvalue weighted by molar-refractivity contribution is 5.55. The van der Waals surface area contributed by atoms with E-state index in [-0.39, 0.29) is 6.04 Å². The summed E-state index contributed by atoms with van der Waals surface area (Å²) in [5.41, 5.74) is 10.7. The first-order valence-corrected chi connectivity index (χ1v) is 6.95. The zero-order valence-electron chi connectivity index (χ0n) is 12.2. The summed E-state index contributed by atoms with van der Waals surface area (Å²) in [5.74, 6) is 1.35. The van der Waals surface area contributed by atoms with Crippen LogP contribution in [0.15, 0.2) is 48.5 Å². The average molecular weight is 278 g/mol. The van der Waals surface area contributed by atoms with Gasteiger partial charge in [0.05, 0.1) is 6.04 Å². The van der Waals surface area contributed by atoms with E-state index in [4.69, 9.17) is 5.73 Å². The molecule has 0 saturated carbocycles. The maximum Gasteiger partial charge on any atom is 0.181 e. The molecule has 0 aliphatic carbocycles. The number of hydrogen-bond acceptors (Lipinski definition) is 3. The number of nitrogens with one attached hydrogen (secondary N) is 1. The third-order valence-corrected chi connectivity index (χ3v) is 3.51. The zero-order valence-corrected chi connectivity index (χ0v) is 12.2. The predicted octanol–water partition coefficient (Wildman–Crippen LogP) is 3.14. The monoisotopic (exact) mass is 278 g/mol. The first kappa shape index (κ1) is 13.5. The van der Waals surface area contributed by atoms with Crippen LogP contribution in [0, 0.1) is 13.8 Å². The maximum atomic E-state index is 6.25. The molecule has 3 N–H and O–H groups in total. The SMILES string of the molecule is Cc1ccc([C@@H](N)c2nc(-c3cccc(C)c3)n[nH]2)cc1. The van der Waals surface area contributed by atoms with Gasteiger partial charge in [-0.1, -0.05) is 53.6 Å². The van der Waals surface area contributed by atoms with Crippen LogP contribution in [0.5, 0.6) is 0 Å². The van der Waals surface area contributed by atoms with Gasteiger partial charge in [0.1, 0.15) is 5.82 Å². The number of aryl methyl sites for hydroxylation is 2. The minimum Gasteiger partial charge on any atom is -0.318 e. The van der Waals surface area contributed by atoms with E-state index in [1.54, 1.807) is 0 Å². The first-order valence-electron chi connectivity index (χ1n) is 6.95. The van der Waals surface area contributed by atoms with Gasteiger partial charge < -0.3 is 5.73 Å². The average Bonchev–Trinajstić information content (AvgIpc) is 2.97. The standard InChI is InChI=1S/C17H18N4/c1-11-6-8-13(9-7-11)15(18)17-19-16(20-21-17)14-5-3-4-12(2)10-14/h3-10,15H,18H2,1-2H3,(H,19,20,21)/t15-/m1/s1. The van der Waals surface area contributed by atoms with Gasteiger partial charge in [0.25, 0.3) is 0 Å². The van der Waals surface area contributed by atoms with Crippen LogP contribution in [0.4, 0.5) is 0 Å². The second-order valence-electron chi connectivity index (χ2n) is 5.30. The lowest BCUT2D eigenvalue weighted by atomic mass is 10.1. The highest BCUT2D eigenvalue weighted by Crippen LogP contribution is 2.21. The van der Waals surface area contributed by atoms with Crippen molar-refractivity contribution in [3.63, 3.8) is 0 Å². The van der Waals surface area contributed by atoms with E-state index < -0.39 is 0 Å². The van der Waals surface area contributed by atoms with Gasteiger partial charge in [-0.05, 0) is 25.5 Å². The minimum atomic E-state index is -0.295. The van der Waals surface area contributed by atoms with E-state index in [1.165, 1.54) is 11.1 Å². The van der Waals surface area contributed by atoms with Gasteiger partial charge in [-0.2, -0.15) is 5.10 Å². The van der Waals surface area contributed by atoms with Gasteiger partial charge in [0.15, 0.2) is 5.82 Å². The Hall–Kier alpha value is -2.46. The van der Waals surface area contributed by atoms with Crippen molar-refractivity contribution >= 4 is 0 Å². The van der Waals surface area contributed by atoms with Crippen molar-refractivity contribution in [2.45, 2.75) is 19.9 Å². The van der Waals surface area contributed by atoms with Gasteiger partial charge >= 0.3 is 0 Å². The Labute approximate surface area is 124 Å². The Kier molecular flexibility index (Phi) is 3.54.